The Hall–Kier alpha value is -2.12. The van der Waals surface area contributed by atoms with Crippen LogP contribution >= 0.6 is 11.3 Å². The summed E-state index contributed by atoms with van der Waals surface area (Å²) in [6.07, 6.45) is 2.00. The largest absolute Gasteiger partial charge is 0.493 e. The number of carbonyl (C=O) groups excluding carboxylic acids is 1. The third kappa shape index (κ3) is 4.34. The van der Waals surface area contributed by atoms with Crippen LogP contribution in [0.5, 0.6) is 11.5 Å². The van der Waals surface area contributed by atoms with Crippen molar-refractivity contribution in [3.8, 4) is 11.5 Å². The van der Waals surface area contributed by atoms with Crippen LogP contribution in [0.25, 0.3) is 0 Å². The number of nitrogens with one attached hydrogen (secondary N) is 1. The average Bonchev–Trinajstić information content (AvgIpc) is 3.07. The van der Waals surface area contributed by atoms with Gasteiger partial charge in [0.05, 0.1) is 19.9 Å². The summed E-state index contributed by atoms with van der Waals surface area (Å²) in [6.45, 7) is 5.19. The molecular formula is C19H25N3O3S. The SMILES string of the molecule is CCN1CCc2nc(NC(=O)CCc3ccc(OC)c(OC)c3)sc2C1. The molecular weight excluding hydrogens is 350 g/mol. The van der Waals surface area contributed by atoms with Crippen LogP contribution < -0.4 is 14.8 Å². The van der Waals surface area contributed by atoms with Crippen molar-refractivity contribution in [2.75, 3.05) is 32.6 Å². The molecule has 1 aromatic heterocycles. The molecule has 140 valence electrons. The lowest BCUT2D eigenvalue weighted by atomic mass is 10.1. The highest BCUT2D eigenvalue weighted by atomic mass is 32.1. The molecule has 0 saturated heterocycles. The minimum absolute atomic E-state index is 0.0155. The van der Waals surface area contributed by atoms with E-state index in [1.165, 1.54) is 4.88 Å². The number of amides is 1. The van der Waals surface area contributed by atoms with Crippen LogP contribution in [0.4, 0.5) is 5.13 Å². The number of likely N-dealkylation sites (N-methyl/N-ethyl adjacent to an activating group) is 1. The van der Waals surface area contributed by atoms with Gasteiger partial charge in [0.2, 0.25) is 5.91 Å². The molecule has 1 aliphatic rings. The number of ether oxygens (including phenoxy) is 2. The third-order valence-electron chi connectivity index (χ3n) is 4.59. The number of benzene rings is 1. The Morgan fingerprint density at radius 2 is 2.12 bits per heavy atom. The lowest BCUT2D eigenvalue weighted by Crippen LogP contribution is -2.29. The molecule has 6 nitrogen and oxygen atoms in total. The predicted molar refractivity (Wildman–Crippen MR) is 103 cm³/mol. The fourth-order valence-electron chi connectivity index (χ4n) is 3.05. The van der Waals surface area contributed by atoms with Crippen molar-refractivity contribution in [1.82, 2.24) is 9.88 Å². The molecule has 1 amide bonds. The number of thiazole rings is 1. The first kappa shape index (κ1) is 18.7. The van der Waals surface area contributed by atoms with Crippen LogP contribution in [-0.2, 0) is 24.2 Å². The summed E-state index contributed by atoms with van der Waals surface area (Å²) in [5.74, 6) is 1.35. The van der Waals surface area contributed by atoms with Gasteiger partial charge in [-0.15, -0.1) is 11.3 Å². The molecule has 0 fully saturated rings. The topological polar surface area (TPSA) is 63.7 Å². The zero-order valence-corrected chi connectivity index (χ0v) is 16.3. The Morgan fingerprint density at radius 3 is 2.85 bits per heavy atom. The van der Waals surface area contributed by atoms with Gasteiger partial charge in [-0.25, -0.2) is 4.98 Å². The minimum Gasteiger partial charge on any atom is -0.493 e. The molecule has 26 heavy (non-hydrogen) atoms. The number of rotatable bonds is 7. The predicted octanol–water partition coefficient (Wildman–Crippen LogP) is 3.11. The van der Waals surface area contributed by atoms with Gasteiger partial charge >= 0.3 is 0 Å². The summed E-state index contributed by atoms with van der Waals surface area (Å²) in [5.41, 5.74) is 2.17. The second-order valence-corrected chi connectivity index (χ2v) is 7.33. The highest BCUT2D eigenvalue weighted by Crippen LogP contribution is 2.29. The quantitative estimate of drug-likeness (QED) is 0.806. The van der Waals surface area contributed by atoms with E-state index in [0.29, 0.717) is 29.5 Å². The molecule has 7 heteroatoms. The number of aromatic nitrogens is 1. The maximum atomic E-state index is 12.3. The van der Waals surface area contributed by atoms with Gasteiger partial charge in [0.1, 0.15) is 0 Å². The van der Waals surface area contributed by atoms with E-state index in [-0.39, 0.29) is 5.91 Å². The maximum Gasteiger partial charge on any atom is 0.226 e. The van der Waals surface area contributed by atoms with E-state index in [1.54, 1.807) is 25.6 Å². The molecule has 0 atom stereocenters. The molecule has 2 aromatic rings. The summed E-state index contributed by atoms with van der Waals surface area (Å²) in [7, 11) is 3.22. The molecule has 3 rings (SSSR count). The molecule has 1 aliphatic heterocycles. The van der Waals surface area contributed by atoms with Crippen LogP contribution in [0.1, 0.15) is 29.5 Å². The second-order valence-electron chi connectivity index (χ2n) is 6.25. The molecule has 1 N–H and O–H groups in total. The fraction of sp³-hybridized carbons (Fsp3) is 0.474. The van der Waals surface area contributed by atoms with Gasteiger partial charge in [0.25, 0.3) is 0 Å². The molecule has 0 saturated carbocycles. The molecule has 0 radical (unpaired) electrons. The van der Waals surface area contributed by atoms with E-state index in [4.69, 9.17) is 9.47 Å². The third-order valence-corrected chi connectivity index (χ3v) is 5.59. The fourth-order valence-corrected chi connectivity index (χ4v) is 4.11. The number of fused-ring (bicyclic) bond motifs is 1. The maximum absolute atomic E-state index is 12.3. The number of methoxy groups -OCH3 is 2. The van der Waals surface area contributed by atoms with Gasteiger partial charge in [0, 0.05) is 30.8 Å². The van der Waals surface area contributed by atoms with Crippen LogP contribution in [0.3, 0.4) is 0 Å². The van der Waals surface area contributed by atoms with Crippen molar-refractivity contribution in [2.24, 2.45) is 0 Å². The highest BCUT2D eigenvalue weighted by molar-refractivity contribution is 7.15. The Bertz CT molecular complexity index is 775. The van der Waals surface area contributed by atoms with Crippen LogP contribution in [0.2, 0.25) is 0 Å². The first-order valence-corrected chi connectivity index (χ1v) is 9.66. The Kier molecular flexibility index (Phi) is 6.11. The average molecular weight is 375 g/mol. The van der Waals surface area contributed by atoms with Crippen molar-refractivity contribution >= 4 is 22.4 Å². The highest BCUT2D eigenvalue weighted by Gasteiger charge is 2.20. The summed E-state index contributed by atoms with van der Waals surface area (Å²) in [6, 6.07) is 5.73. The second kappa shape index (κ2) is 8.51. The normalized spacial score (nSPS) is 14.0. The molecule has 2 heterocycles. The molecule has 0 bridgehead atoms. The summed E-state index contributed by atoms with van der Waals surface area (Å²) in [4.78, 5) is 20.5. The smallest absolute Gasteiger partial charge is 0.226 e. The van der Waals surface area contributed by atoms with Crippen molar-refractivity contribution in [3.05, 3.63) is 34.3 Å². The van der Waals surface area contributed by atoms with Crippen LogP contribution in [0.15, 0.2) is 18.2 Å². The van der Waals surface area contributed by atoms with E-state index in [0.717, 1.165) is 37.3 Å². The summed E-state index contributed by atoms with van der Waals surface area (Å²) >= 11 is 1.59. The van der Waals surface area contributed by atoms with Gasteiger partial charge in [-0.2, -0.15) is 0 Å². The van der Waals surface area contributed by atoms with Crippen molar-refractivity contribution in [2.45, 2.75) is 32.7 Å². The first-order chi connectivity index (χ1) is 12.6. The number of anilines is 1. The van der Waals surface area contributed by atoms with Gasteiger partial charge < -0.3 is 14.8 Å². The Balaban J connectivity index is 1.56. The number of hydrogen-bond donors (Lipinski definition) is 1. The minimum atomic E-state index is -0.0155. The number of hydrogen-bond acceptors (Lipinski definition) is 6. The van der Waals surface area contributed by atoms with Gasteiger partial charge in [-0.3, -0.25) is 9.69 Å². The molecule has 0 aliphatic carbocycles. The molecule has 0 spiro atoms. The Labute approximate surface area is 158 Å². The van der Waals surface area contributed by atoms with E-state index in [1.807, 2.05) is 18.2 Å². The zero-order chi connectivity index (χ0) is 18.5. The molecule has 1 aromatic carbocycles. The van der Waals surface area contributed by atoms with E-state index < -0.39 is 0 Å². The lowest BCUT2D eigenvalue weighted by molar-refractivity contribution is -0.116. The van der Waals surface area contributed by atoms with Gasteiger partial charge in [0.15, 0.2) is 16.6 Å². The van der Waals surface area contributed by atoms with E-state index in [2.05, 4.69) is 22.1 Å². The van der Waals surface area contributed by atoms with Crippen molar-refractivity contribution in [3.63, 3.8) is 0 Å². The monoisotopic (exact) mass is 375 g/mol. The first-order valence-electron chi connectivity index (χ1n) is 8.84. The van der Waals surface area contributed by atoms with E-state index in [9.17, 15) is 4.79 Å². The molecule has 0 unspecified atom stereocenters. The number of aryl methyl sites for hydroxylation is 1. The standard InChI is InChI=1S/C19H25N3O3S/c1-4-22-10-9-14-17(12-22)26-19(20-14)21-18(23)8-6-13-5-7-15(24-2)16(11-13)25-3/h5,7,11H,4,6,8-10,12H2,1-3H3,(H,20,21,23). The van der Waals surface area contributed by atoms with Gasteiger partial charge in [-0.1, -0.05) is 13.0 Å². The van der Waals surface area contributed by atoms with Crippen LogP contribution in [0, 0.1) is 0 Å². The van der Waals surface area contributed by atoms with Crippen molar-refractivity contribution < 1.29 is 14.3 Å². The Morgan fingerprint density at radius 1 is 1.31 bits per heavy atom. The lowest BCUT2D eigenvalue weighted by Gasteiger charge is -2.23. The number of nitrogens with zero attached hydrogens (tertiary/aromatic N) is 2. The van der Waals surface area contributed by atoms with Crippen LogP contribution in [-0.4, -0.2) is 43.1 Å². The summed E-state index contributed by atoms with van der Waals surface area (Å²) < 4.78 is 10.5. The van der Waals surface area contributed by atoms with Crippen molar-refractivity contribution in [1.29, 1.82) is 0 Å². The van der Waals surface area contributed by atoms with E-state index >= 15 is 0 Å². The van der Waals surface area contributed by atoms with Gasteiger partial charge in [-0.05, 0) is 30.7 Å². The summed E-state index contributed by atoms with van der Waals surface area (Å²) in [5, 5.41) is 3.66. The zero-order valence-electron chi connectivity index (χ0n) is 15.5. The number of carbonyl (C=O) groups is 1.